The number of hydrogen-bond acceptors (Lipinski definition) is 5. The fourth-order valence-electron chi connectivity index (χ4n) is 1.77. The van der Waals surface area contributed by atoms with Crippen LogP contribution in [0.1, 0.15) is 11.1 Å². The van der Waals surface area contributed by atoms with Gasteiger partial charge in [-0.25, -0.2) is 9.37 Å². The van der Waals surface area contributed by atoms with Gasteiger partial charge >= 0.3 is 0 Å². The van der Waals surface area contributed by atoms with E-state index in [-0.39, 0.29) is 23.9 Å². The predicted molar refractivity (Wildman–Crippen MR) is 80.6 cm³/mol. The first-order valence-corrected chi connectivity index (χ1v) is 6.18. The highest BCUT2D eigenvalue weighted by Gasteiger charge is 2.12. The van der Waals surface area contributed by atoms with Crippen molar-refractivity contribution in [1.82, 2.24) is 4.98 Å². The van der Waals surface area contributed by atoms with Crippen molar-refractivity contribution in [2.45, 2.75) is 6.54 Å². The van der Waals surface area contributed by atoms with Gasteiger partial charge in [0.15, 0.2) is 5.84 Å². The summed E-state index contributed by atoms with van der Waals surface area (Å²) in [6.45, 7) is 0.240. The number of hydrazone groups is 1. The van der Waals surface area contributed by atoms with Crippen LogP contribution < -0.4 is 16.9 Å². The summed E-state index contributed by atoms with van der Waals surface area (Å²) in [5.41, 5.74) is 6.44. The number of pyridine rings is 1. The minimum atomic E-state index is -0.305. The van der Waals surface area contributed by atoms with E-state index in [1.807, 2.05) is 0 Å². The second-order valence-electron chi connectivity index (χ2n) is 4.23. The lowest BCUT2D eigenvalue weighted by molar-refractivity contribution is 0.613. The minimum Gasteiger partial charge on any atom is -0.380 e. The molecule has 6 nitrogen and oxygen atoms in total. The second kappa shape index (κ2) is 6.47. The summed E-state index contributed by atoms with van der Waals surface area (Å²) < 4.78 is 13.6. The summed E-state index contributed by atoms with van der Waals surface area (Å²) in [5.74, 6) is 5.09. The number of benzene rings is 1. The largest absolute Gasteiger partial charge is 0.380 e. The molecule has 0 spiro atoms. The Morgan fingerprint density at radius 3 is 2.76 bits per heavy atom. The van der Waals surface area contributed by atoms with Crippen molar-refractivity contribution < 1.29 is 4.39 Å². The zero-order chi connectivity index (χ0) is 15.2. The highest BCUT2D eigenvalue weighted by atomic mass is 19.1. The van der Waals surface area contributed by atoms with Gasteiger partial charge < -0.3 is 16.9 Å². The Bertz CT molecular complexity index is 683. The van der Waals surface area contributed by atoms with Gasteiger partial charge in [0.2, 0.25) is 0 Å². The molecule has 0 aliphatic carbocycles. The first-order chi connectivity index (χ1) is 10.1. The summed E-state index contributed by atoms with van der Waals surface area (Å²) in [6, 6.07) is 9.77. The number of aromatic nitrogens is 1. The lowest BCUT2D eigenvalue weighted by atomic mass is 10.1. The maximum absolute atomic E-state index is 13.6. The van der Waals surface area contributed by atoms with E-state index in [2.05, 4.69) is 15.4 Å². The molecule has 108 valence electrons. The van der Waals surface area contributed by atoms with E-state index in [4.69, 9.17) is 17.0 Å². The third kappa shape index (κ3) is 3.33. The molecule has 0 bridgehead atoms. The topological polar surface area (TPSA) is 113 Å². The number of nitrogens with zero attached hydrogens (tertiary/aromatic N) is 2. The Labute approximate surface area is 121 Å². The Balaban J connectivity index is 2.22. The van der Waals surface area contributed by atoms with Crippen LogP contribution in [0.5, 0.6) is 0 Å². The predicted octanol–water partition coefficient (Wildman–Crippen LogP) is 1.43. The number of halogens is 1. The second-order valence-corrected chi connectivity index (χ2v) is 4.23. The van der Waals surface area contributed by atoms with Gasteiger partial charge in [0, 0.05) is 23.9 Å². The van der Waals surface area contributed by atoms with Crippen LogP contribution in [-0.4, -0.2) is 16.5 Å². The molecular weight excluding hydrogens is 271 g/mol. The number of nitrogens with two attached hydrogens (primary N) is 2. The van der Waals surface area contributed by atoms with Crippen molar-refractivity contribution in [1.29, 1.82) is 5.41 Å². The Hall–Kier alpha value is -2.96. The SMILES string of the molecule is N=C(C(N)=NN)c1cccnc1NCc1ccccc1F. The molecule has 0 aliphatic heterocycles. The lowest BCUT2D eigenvalue weighted by Gasteiger charge is -2.11. The molecule has 21 heavy (non-hydrogen) atoms. The fraction of sp³-hybridized carbons (Fsp3) is 0.0714. The van der Waals surface area contributed by atoms with Crippen molar-refractivity contribution in [3.05, 3.63) is 59.5 Å². The van der Waals surface area contributed by atoms with Crippen molar-refractivity contribution in [2.75, 3.05) is 5.32 Å². The normalized spacial score (nSPS) is 11.2. The highest BCUT2D eigenvalue weighted by molar-refractivity contribution is 6.46. The van der Waals surface area contributed by atoms with E-state index in [1.54, 1.807) is 36.5 Å². The zero-order valence-electron chi connectivity index (χ0n) is 11.2. The van der Waals surface area contributed by atoms with Crippen LogP contribution in [0.4, 0.5) is 10.2 Å². The van der Waals surface area contributed by atoms with Gasteiger partial charge in [-0.3, -0.25) is 5.41 Å². The van der Waals surface area contributed by atoms with Gasteiger partial charge in [-0.1, -0.05) is 18.2 Å². The van der Waals surface area contributed by atoms with E-state index in [0.717, 1.165) is 0 Å². The molecule has 0 unspecified atom stereocenters. The monoisotopic (exact) mass is 286 g/mol. The molecule has 0 saturated carbocycles. The van der Waals surface area contributed by atoms with Crippen molar-refractivity contribution in [3.63, 3.8) is 0 Å². The van der Waals surface area contributed by atoms with Crippen molar-refractivity contribution >= 4 is 17.4 Å². The number of nitrogens with one attached hydrogen (secondary N) is 2. The molecule has 1 heterocycles. The standard InChI is InChI=1S/C14H15FN6/c15-11-6-2-1-4-9(11)8-20-14-10(5-3-7-19-14)12(16)13(17)21-18/h1-7,16H,8,18H2,(H2,17,21)(H,19,20). The zero-order valence-corrected chi connectivity index (χ0v) is 11.2. The highest BCUT2D eigenvalue weighted by Crippen LogP contribution is 2.15. The molecule has 0 saturated heterocycles. The fourth-order valence-corrected chi connectivity index (χ4v) is 1.77. The molecule has 1 aromatic carbocycles. The van der Waals surface area contributed by atoms with E-state index in [0.29, 0.717) is 16.9 Å². The molecule has 6 N–H and O–H groups in total. The third-order valence-corrected chi connectivity index (χ3v) is 2.88. The average molecular weight is 286 g/mol. The Kier molecular flexibility index (Phi) is 4.45. The van der Waals surface area contributed by atoms with Gasteiger partial charge in [-0.2, -0.15) is 5.10 Å². The van der Waals surface area contributed by atoms with Gasteiger partial charge in [0.25, 0.3) is 0 Å². The van der Waals surface area contributed by atoms with Crippen molar-refractivity contribution in [2.24, 2.45) is 16.7 Å². The van der Waals surface area contributed by atoms with Crippen LogP contribution in [0.25, 0.3) is 0 Å². The van der Waals surface area contributed by atoms with Crippen LogP contribution in [0.15, 0.2) is 47.7 Å². The van der Waals surface area contributed by atoms with Gasteiger partial charge in [0.1, 0.15) is 17.3 Å². The number of amidine groups is 1. The molecule has 2 aromatic rings. The van der Waals surface area contributed by atoms with E-state index in [9.17, 15) is 4.39 Å². The van der Waals surface area contributed by atoms with Crippen LogP contribution >= 0.6 is 0 Å². The number of hydrogen-bond donors (Lipinski definition) is 4. The first kappa shape index (κ1) is 14.4. The molecule has 0 fully saturated rings. The molecule has 1 aromatic heterocycles. The summed E-state index contributed by atoms with van der Waals surface area (Å²) in [5, 5.41) is 14.2. The van der Waals surface area contributed by atoms with E-state index < -0.39 is 0 Å². The summed E-state index contributed by atoms with van der Waals surface area (Å²) in [6.07, 6.45) is 1.57. The molecule has 0 atom stereocenters. The van der Waals surface area contributed by atoms with Crippen LogP contribution in [0.3, 0.4) is 0 Å². The Morgan fingerprint density at radius 1 is 1.29 bits per heavy atom. The smallest absolute Gasteiger partial charge is 0.168 e. The average Bonchev–Trinajstić information content (AvgIpc) is 2.53. The lowest BCUT2D eigenvalue weighted by Crippen LogP contribution is -2.26. The summed E-state index contributed by atoms with van der Waals surface area (Å²) in [4.78, 5) is 4.14. The van der Waals surface area contributed by atoms with Crippen LogP contribution in [0.2, 0.25) is 0 Å². The Morgan fingerprint density at radius 2 is 2.05 bits per heavy atom. The third-order valence-electron chi connectivity index (χ3n) is 2.88. The summed E-state index contributed by atoms with van der Waals surface area (Å²) in [7, 11) is 0. The van der Waals surface area contributed by atoms with Gasteiger partial charge in [-0.05, 0) is 18.2 Å². The van der Waals surface area contributed by atoms with Crippen LogP contribution in [-0.2, 0) is 6.54 Å². The van der Waals surface area contributed by atoms with Crippen LogP contribution in [0, 0.1) is 11.2 Å². The quantitative estimate of drug-likeness (QED) is 0.288. The van der Waals surface area contributed by atoms with Crippen molar-refractivity contribution in [3.8, 4) is 0 Å². The van der Waals surface area contributed by atoms with E-state index >= 15 is 0 Å². The van der Waals surface area contributed by atoms with E-state index in [1.165, 1.54) is 6.07 Å². The molecule has 0 amide bonds. The van der Waals surface area contributed by atoms with Gasteiger partial charge in [-0.15, -0.1) is 0 Å². The molecule has 2 rings (SSSR count). The number of anilines is 1. The molecule has 0 aliphatic rings. The molecule has 0 radical (unpaired) electrons. The summed E-state index contributed by atoms with van der Waals surface area (Å²) >= 11 is 0. The molecule has 7 heteroatoms. The maximum Gasteiger partial charge on any atom is 0.168 e. The minimum absolute atomic E-state index is 0.0402. The first-order valence-electron chi connectivity index (χ1n) is 6.18. The number of rotatable bonds is 5. The molecular formula is C14H15FN6. The van der Waals surface area contributed by atoms with Gasteiger partial charge in [0.05, 0.1) is 0 Å². The maximum atomic E-state index is 13.6.